The van der Waals surface area contributed by atoms with Crippen LogP contribution in [0.4, 0.5) is 5.69 Å². The number of benzene rings is 2. The van der Waals surface area contributed by atoms with Gasteiger partial charge in [-0.3, -0.25) is 9.59 Å². The second kappa shape index (κ2) is 7.38. The van der Waals surface area contributed by atoms with Gasteiger partial charge in [-0.1, -0.05) is 25.1 Å². The Labute approximate surface area is 147 Å². The Morgan fingerprint density at radius 3 is 2.60 bits per heavy atom. The van der Waals surface area contributed by atoms with Crippen LogP contribution in [0, 0.1) is 5.92 Å². The summed E-state index contributed by atoms with van der Waals surface area (Å²) in [6.07, 6.45) is 1.09. The quantitative estimate of drug-likeness (QED) is 0.620. The minimum absolute atomic E-state index is 0.0865. The Morgan fingerprint density at radius 2 is 1.92 bits per heavy atom. The molecule has 1 fully saturated rings. The summed E-state index contributed by atoms with van der Waals surface area (Å²) in [5, 5.41) is 0. The second-order valence-corrected chi connectivity index (χ2v) is 6.03. The predicted octanol–water partition coefficient (Wildman–Crippen LogP) is 3.22. The lowest BCUT2D eigenvalue weighted by molar-refractivity contribution is -0.139. The van der Waals surface area contributed by atoms with Crippen LogP contribution in [-0.2, 0) is 16.0 Å². The molecule has 2 aromatic carbocycles. The van der Waals surface area contributed by atoms with Crippen molar-refractivity contribution in [2.75, 3.05) is 18.6 Å². The van der Waals surface area contributed by atoms with Crippen molar-refractivity contribution in [2.24, 2.45) is 5.92 Å². The van der Waals surface area contributed by atoms with E-state index in [1.54, 1.807) is 30.2 Å². The van der Waals surface area contributed by atoms with Gasteiger partial charge >= 0.3 is 5.97 Å². The molecule has 1 heterocycles. The standard InChI is InChI=1S/C20H21NO4/c1-3-14-7-9-17(10-8-14)25-20(23)15-11-19(22)21(13-15)16-5-4-6-18(12-16)24-2/h4-10,12,15H,3,11,13H2,1-2H3/t15-/m0/s1. The maximum atomic E-state index is 12.4. The Hall–Kier alpha value is -2.82. The summed E-state index contributed by atoms with van der Waals surface area (Å²) < 4.78 is 10.6. The van der Waals surface area contributed by atoms with Gasteiger partial charge in [0, 0.05) is 24.7 Å². The van der Waals surface area contributed by atoms with Crippen LogP contribution in [0.3, 0.4) is 0 Å². The first kappa shape index (κ1) is 17.0. The van der Waals surface area contributed by atoms with Gasteiger partial charge in [0.1, 0.15) is 11.5 Å². The molecule has 5 nitrogen and oxygen atoms in total. The van der Waals surface area contributed by atoms with Gasteiger partial charge < -0.3 is 14.4 Å². The number of nitrogens with zero attached hydrogens (tertiary/aromatic N) is 1. The molecule has 0 aliphatic carbocycles. The van der Waals surface area contributed by atoms with Crippen molar-refractivity contribution in [1.29, 1.82) is 0 Å². The molecule has 0 saturated carbocycles. The van der Waals surface area contributed by atoms with E-state index in [9.17, 15) is 9.59 Å². The Balaban J connectivity index is 1.67. The molecular formula is C20H21NO4. The molecule has 1 aliphatic heterocycles. The topological polar surface area (TPSA) is 55.8 Å². The van der Waals surface area contributed by atoms with Gasteiger partial charge in [0.25, 0.3) is 0 Å². The smallest absolute Gasteiger partial charge is 0.316 e. The van der Waals surface area contributed by atoms with Crippen LogP contribution in [0.15, 0.2) is 48.5 Å². The van der Waals surface area contributed by atoms with E-state index in [-0.39, 0.29) is 18.3 Å². The molecule has 0 unspecified atom stereocenters. The summed E-state index contributed by atoms with van der Waals surface area (Å²) in [7, 11) is 1.58. The number of hydrogen-bond acceptors (Lipinski definition) is 4. The van der Waals surface area contributed by atoms with Crippen molar-refractivity contribution in [2.45, 2.75) is 19.8 Å². The molecule has 5 heteroatoms. The van der Waals surface area contributed by atoms with Crippen LogP contribution in [0.2, 0.25) is 0 Å². The van der Waals surface area contributed by atoms with E-state index in [0.29, 0.717) is 18.0 Å². The lowest BCUT2D eigenvalue weighted by atomic mass is 10.1. The predicted molar refractivity (Wildman–Crippen MR) is 94.9 cm³/mol. The first-order chi connectivity index (χ1) is 12.1. The fourth-order valence-corrected chi connectivity index (χ4v) is 2.89. The van der Waals surface area contributed by atoms with Gasteiger partial charge in [-0.25, -0.2) is 0 Å². The van der Waals surface area contributed by atoms with Crippen LogP contribution in [0.25, 0.3) is 0 Å². The number of esters is 1. The Kier molecular flexibility index (Phi) is 5.03. The number of rotatable bonds is 5. The number of carbonyl (C=O) groups excluding carboxylic acids is 2. The zero-order valence-electron chi connectivity index (χ0n) is 14.4. The minimum atomic E-state index is -0.468. The van der Waals surface area contributed by atoms with E-state index in [4.69, 9.17) is 9.47 Å². The molecule has 0 N–H and O–H groups in total. The highest BCUT2D eigenvalue weighted by Crippen LogP contribution is 2.28. The highest BCUT2D eigenvalue weighted by Gasteiger charge is 2.36. The van der Waals surface area contributed by atoms with Crippen molar-refractivity contribution < 1.29 is 19.1 Å². The van der Waals surface area contributed by atoms with Crippen LogP contribution >= 0.6 is 0 Å². The van der Waals surface area contributed by atoms with Gasteiger partial charge in [-0.15, -0.1) is 0 Å². The maximum absolute atomic E-state index is 12.4. The molecule has 0 radical (unpaired) electrons. The lowest BCUT2D eigenvalue weighted by Gasteiger charge is -2.17. The fraction of sp³-hybridized carbons (Fsp3) is 0.300. The molecular weight excluding hydrogens is 318 g/mol. The molecule has 1 atom stereocenters. The van der Waals surface area contributed by atoms with Gasteiger partial charge in [-0.2, -0.15) is 0 Å². The third-order valence-electron chi connectivity index (χ3n) is 4.37. The van der Waals surface area contributed by atoms with E-state index in [1.807, 2.05) is 30.3 Å². The van der Waals surface area contributed by atoms with Crippen molar-refractivity contribution in [3.63, 3.8) is 0 Å². The van der Waals surface area contributed by atoms with Crippen LogP contribution < -0.4 is 14.4 Å². The summed E-state index contributed by atoms with van der Waals surface area (Å²) in [5.41, 5.74) is 1.91. The lowest BCUT2D eigenvalue weighted by Crippen LogP contribution is -2.27. The minimum Gasteiger partial charge on any atom is -0.497 e. The summed E-state index contributed by atoms with van der Waals surface area (Å²) >= 11 is 0. The van der Waals surface area contributed by atoms with Gasteiger partial charge in [0.05, 0.1) is 13.0 Å². The number of methoxy groups -OCH3 is 1. The highest BCUT2D eigenvalue weighted by molar-refractivity contribution is 5.99. The van der Waals surface area contributed by atoms with E-state index in [0.717, 1.165) is 12.1 Å². The third kappa shape index (κ3) is 3.82. The van der Waals surface area contributed by atoms with Crippen LogP contribution in [0.1, 0.15) is 18.9 Å². The van der Waals surface area contributed by atoms with E-state index < -0.39 is 5.92 Å². The normalized spacial score (nSPS) is 16.8. The molecule has 25 heavy (non-hydrogen) atoms. The van der Waals surface area contributed by atoms with E-state index in [2.05, 4.69) is 6.92 Å². The van der Waals surface area contributed by atoms with Crippen molar-refractivity contribution in [3.8, 4) is 11.5 Å². The number of aryl methyl sites for hydroxylation is 1. The highest BCUT2D eigenvalue weighted by atomic mass is 16.5. The Bertz CT molecular complexity index is 770. The number of ether oxygens (including phenoxy) is 2. The van der Waals surface area contributed by atoms with Crippen molar-refractivity contribution >= 4 is 17.6 Å². The largest absolute Gasteiger partial charge is 0.497 e. The summed E-state index contributed by atoms with van der Waals surface area (Å²) in [5.74, 6) is 0.255. The number of anilines is 1. The molecule has 3 rings (SSSR count). The van der Waals surface area contributed by atoms with Crippen LogP contribution in [-0.4, -0.2) is 25.5 Å². The average Bonchev–Trinajstić information content (AvgIpc) is 3.04. The summed E-state index contributed by atoms with van der Waals surface area (Å²) in [6.45, 7) is 2.39. The molecule has 130 valence electrons. The second-order valence-electron chi connectivity index (χ2n) is 6.03. The van der Waals surface area contributed by atoms with Gasteiger partial charge in [0.15, 0.2) is 0 Å². The zero-order chi connectivity index (χ0) is 17.8. The fourth-order valence-electron chi connectivity index (χ4n) is 2.89. The molecule has 1 saturated heterocycles. The molecule has 0 aromatic heterocycles. The average molecular weight is 339 g/mol. The summed E-state index contributed by atoms with van der Waals surface area (Å²) in [6, 6.07) is 14.7. The third-order valence-corrected chi connectivity index (χ3v) is 4.37. The molecule has 1 amide bonds. The monoisotopic (exact) mass is 339 g/mol. The van der Waals surface area contributed by atoms with E-state index >= 15 is 0 Å². The SMILES string of the molecule is CCc1ccc(OC(=O)[C@H]2CC(=O)N(c3cccc(OC)c3)C2)cc1. The number of amides is 1. The molecule has 0 bridgehead atoms. The van der Waals surface area contributed by atoms with Crippen molar-refractivity contribution in [1.82, 2.24) is 0 Å². The van der Waals surface area contributed by atoms with Gasteiger partial charge in [-0.05, 0) is 36.2 Å². The molecule has 1 aliphatic rings. The van der Waals surface area contributed by atoms with Gasteiger partial charge in [0.2, 0.25) is 5.91 Å². The number of carbonyl (C=O) groups is 2. The number of hydrogen-bond donors (Lipinski definition) is 0. The van der Waals surface area contributed by atoms with Crippen LogP contribution in [0.5, 0.6) is 11.5 Å². The first-order valence-corrected chi connectivity index (χ1v) is 8.35. The maximum Gasteiger partial charge on any atom is 0.316 e. The van der Waals surface area contributed by atoms with Crippen molar-refractivity contribution in [3.05, 3.63) is 54.1 Å². The first-order valence-electron chi connectivity index (χ1n) is 8.35. The summed E-state index contributed by atoms with van der Waals surface area (Å²) in [4.78, 5) is 26.3. The molecule has 2 aromatic rings. The van der Waals surface area contributed by atoms with E-state index in [1.165, 1.54) is 5.56 Å². The molecule has 0 spiro atoms. The Morgan fingerprint density at radius 1 is 1.16 bits per heavy atom. The zero-order valence-corrected chi connectivity index (χ0v) is 14.4.